The fraction of sp³-hybridized carbons (Fsp3) is 0.348. The van der Waals surface area contributed by atoms with Crippen molar-refractivity contribution in [3.05, 3.63) is 52.7 Å². The van der Waals surface area contributed by atoms with Crippen molar-refractivity contribution >= 4 is 28.1 Å². The molecule has 33 heavy (non-hydrogen) atoms. The van der Waals surface area contributed by atoms with Crippen LogP contribution in [-0.4, -0.2) is 61.7 Å². The first kappa shape index (κ1) is 20.0. The molecule has 1 saturated carbocycles. The normalized spacial score (nSPS) is 17.0. The van der Waals surface area contributed by atoms with Crippen LogP contribution in [0.4, 0.5) is 5.82 Å². The van der Waals surface area contributed by atoms with Crippen LogP contribution in [0, 0.1) is 5.92 Å². The second-order valence-electron chi connectivity index (χ2n) is 8.57. The van der Waals surface area contributed by atoms with E-state index in [1.54, 1.807) is 16.8 Å². The van der Waals surface area contributed by atoms with E-state index >= 15 is 0 Å². The van der Waals surface area contributed by atoms with Gasteiger partial charge in [-0.15, -0.1) is 5.10 Å². The van der Waals surface area contributed by atoms with Crippen LogP contribution >= 0.6 is 0 Å². The smallest absolute Gasteiger partial charge is 0.257 e. The number of pyridine rings is 3. The minimum Gasteiger partial charge on any atom is -0.379 e. The average Bonchev–Trinajstić information content (AvgIpc) is 3.60. The minimum absolute atomic E-state index is 0.0353. The van der Waals surface area contributed by atoms with Crippen LogP contribution in [0.15, 0.2) is 41.6 Å². The molecule has 1 amide bonds. The van der Waals surface area contributed by atoms with Gasteiger partial charge in [0.25, 0.3) is 5.56 Å². The highest BCUT2D eigenvalue weighted by Crippen LogP contribution is 2.31. The standard InChI is InChI=1S/C23H23N7O3/c31-22(15-2-3-15)26-19-9-16-17(10-25-23(32)18(16)11-24-19)21-27-20-4-1-14(13-30(20)28-21)12-29-5-7-33-8-6-29/h1,4,9-11,13,15H,2-3,5-8,12H2,(H,25,32)(H,24,26,31). The number of aromatic nitrogens is 5. The molecule has 4 aromatic heterocycles. The number of carbonyl (C=O) groups is 1. The predicted octanol–water partition coefficient (Wildman–Crippen LogP) is 1.81. The van der Waals surface area contributed by atoms with Gasteiger partial charge in [0.05, 0.1) is 18.6 Å². The third-order valence-corrected chi connectivity index (χ3v) is 6.13. The highest BCUT2D eigenvalue weighted by atomic mass is 16.5. The molecule has 0 aromatic carbocycles. The summed E-state index contributed by atoms with van der Waals surface area (Å²) in [4.78, 5) is 38.6. The van der Waals surface area contributed by atoms with Gasteiger partial charge in [-0.25, -0.2) is 14.5 Å². The third kappa shape index (κ3) is 3.98. The molecular weight excluding hydrogens is 422 g/mol. The maximum absolute atomic E-state index is 12.4. The quantitative estimate of drug-likeness (QED) is 0.481. The Hall–Kier alpha value is -3.63. The number of rotatable bonds is 5. The molecule has 0 atom stereocenters. The van der Waals surface area contributed by atoms with Gasteiger partial charge in [-0.2, -0.15) is 0 Å². The van der Waals surface area contributed by atoms with Crippen molar-refractivity contribution < 1.29 is 9.53 Å². The van der Waals surface area contributed by atoms with Gasteiger partial charge in [0.15, 0.2) is 11.5 Å². The Morgan fingerprint density at radius 2 is 2.06 bits per heavy atom. The van der Waals surface area contributed by atoms with Gasteiger partial charge >= 0.3 is 0 Å². The maximum atomic E-state index is 12.4. The van der Waals surface area contributed by atoms with Gasteiger partial charge < -0.3 is 15.0 Å². The molecule has 1 aliphatic heterocycles. The van der Waals surface area contributed by atoms with Crippen molar-refractivity contribution in [3.8, 4) is 11.4 Å². The molecule has 168 valence electrons. The molecule has 1 aliphatic carbocycles. The summed E-state index contributed by atoms with van der Waals surface area (Å²) in [6.07, 6.45) is 6.89. The number of amides is 1. The van der Waals surface area contributed by atoms with E-state index in [1.807, 2.05) is 12.3 Å². The zero-order valence-corrected chi connectivity index (χ0v) is 18.0. The molecule has 6 rings (SSSR count). The van der Waals surface area contributed by atoms with E-state index in [2.05, 4.69) is 36.3 Å². The van der Waals surface area contributed by atoms with Crippen LogP contribution in [0.1, 0.15) is 18.4 Å². The Morgan fingerprint density at radius 1 is 1.21 bits per heavy atom. The second-order valence-corrected chi connectivity index (χ2v) is 8.57. The molecule has 2 fully saturated rings. The van der Waals surface area contributed by atoms with Crippen LogP contribution in [0.5, 0.6) is 0 Å². The predicted molar refractivity (Wildman–Crippen MR) is 122 cm³/mol. The summed E-state index contributed by atoms with van der Waals surface area (Å²) < 4.78 is 7.19. The van der Waals surface area contributed by atoms with E-state index in [4.69, 9.17) is 4.74 Å². The lowest BCUT2D eigenvalue weighted by Crippen LogP contribution is -2.35. The molecular formula is C23H23N7O3. The molecule has 2 N–H and O–H groups in total. The van der Waals surface area contributed by atoms with Crippen molar-refractivity contribution in [2.45, 2.75) is 19.4 Å². The number of hydrogen-bond acceptors (Lipinski definition) is 7. The summed E-state index contributed by atoms with van der Waals surface area (Å²) in [5.74, 6) is 0.938. The number of H-pyrrole nitrogens is 1. The molecule has 1 saturated heterocycles. The first-order chi connectivity index (χ1) is 16.1. The fourth-order valence-electron chi connectivity index (χ4n) is 4.13. The van der Waals surface area contributed by atoms with Crippen LogP contribution in [0.2, 0.25) is 0 Å². The van der Waals surface area contributed by atoms with E-state index in [9.17, 15) is 9.59 Å². The van der Waals surface area contributed by atoms with Crippen molar-refractivity contribution in [1.82, 2.24) is 29.5 Å². The Balaban J connectivity index is 1.36. The Kier molecular flexibility index (Phi) is 4.88. The van der Waals surface area contributed by atoms with Gasteiger partial charge in [-0.1, -0.05) is 6.07 Å². The van der Waals surface area contributed by atoms with Gasteiger partial charge in [0, 0.05) is 55.1 Å². The fourth-order valence-corrected chi connectivity index (χ4v) is 4.13. The third-order valence-electron chi connectivity index (χ3n) is 6.13. The van der Waals surface area contributed by atoms with Crippen molar-refractivity contribution in [2.24, 2.45) is 5.92 Å². The van der Waals surface area contributed by atoms with E-state index in [0.717, 1.165) is 51.3 Å². The molecule has 2 aliphatic rings. The molecule has 0 radical (unpaired) electrons. The number of hydrogen-bond donors (Lipinski definition) is 2. The zero-order chi connectivity index (χ0) is 22.4. The van der Waals surface area contributed by atoms with Crippen LogP contribution < -0.4 is 10.9 Å². The number of carbonyl (C=O) groups excluding carboxylic acids is 1. The lowest BCUT2D eigenvalue weighted by atomic mass is 10.1. The van der Waals surface area contributed by atoms with E-state index in [-0.39, 0.29) is 17.4 Å². The molecule has 10 heteroatoms. The minimum atomic E-state index is -0.252. The monoisotopic (exact) mass is 445 g/mol. The maximum Gasteiger partial charge on any atom is 0.257 e. The van der Waals surface area contributed by atoms with E-state index in [0.29, 0.717) is 33.6 Å². The highest BCUT2D eigenvalue weighted by molar-refractivity contribution is 5.98. The molecule has 4 aromatic rings. The summed E-state index contributed by atoms with van der Waals surface area (Å²) in [6.45, 7) is 4.17. The van der Waals surface area contributed by atoms with E-state index < -0.39 is 0 Å². The van der Waals surface area contributed by atoms with E-state index in [1.165, 1.54) is 6.20 Å². The molecule has 0 spiro atoms. The van der Waals surface area contributed by atoms with Crippen molar-refractivity contribution in [3.63, 3.8) is 0 Å². The Bertz CT molecular complexity index is 1420. The van der Waals surface area contributed by atoms with Gasteiger partial charge in [-0.3, -0.25) is 14.5 Å². The van der Waals surface area contributed by atoms with Crippen molar-refractivity contribution in [1.29, 1.82) is 0 Å². The zero-order valence-electron chi connectivity index (χ0n) is 18.0. The first-order valence-corrected chi connectivity index (χ1v) is 11.1. The van der Waals surface area contributed by atoms with Crippen LogP contribution in [0.25, 0.3) is 27.8 Å². The number of anilines is 1. The summed E-state index contributed by atoms with van der Waals surface area (Å²) in [6, 6.07) is 5.72. The Labute approximate surface area is 188 Å². The topological polar surface area (TPSA) is 118 Å². The number of aromatic amines is 1. The van der Waals surface area contributed by atoms with Gasteiger partial charge in [-0.05, 0) is 30.5 Å². The first-order valence-electron chi connectivity index (χ1n) is 11.1. The molecule has 5 heterocycles. The molecule has 10 nitrogen and oxygen atoms in total. The lowest BCUT2D eigenvalue weighted by molar-refractivity contribution is -0.117. The van der Waals surface area contributed by atoms with Gasteiger partial charge in [0.2, 0.25) is 5.91 Å². The van der Waals surface area contributed by atoms with Crippen LogP contribution in [-0.2, 0) is 16.1 Å². The molecule has 0 bridgehead atoms. The molecule has 0 unspecified atom stereocenters. The number of ether oxygens (including phenoxy) is 1. The number of nitrogens with zero attached hydrogens (tertiary/aromatic N) is 5. The van der Waals surface area contributed by atoms with Gasteiger partial charge in [0.1, 0.15) is 5.82 Å². The summed E-state index contributed by atoms with van der Waals surface area (Å²) in [7, 11) is 0. The number of nitrogens with one attached hydrogen (secondary N) is 2. The largest absolute Gasteiger partial charge is 0.379 e. The van der Waals surface area contributed by atoms with Crippen LogP contribution in [0.3, 0.4) is 0 Å². The highest BCUT2D eigenvalue weighted by Gasteiger charge is 2.30. The lowest BCUT2D eigenvalue weighted by Gasteiger charge is -2.26. The summed E-state index contributed by atoms with van der Waals surface area (Å²) in [5.41, 5.74) is 2.28. The average molecular weight is 445 g/mol. The second kappa shape index (κ2) is 8.05. The Morgan fingerprint density at radius 3 is 2.88 bits per heavy atom. The SMILES string of the molecule is O=C(Nc1cc2c(-c3nc4ccc(CN5CCOCC5)cn4n3)c[nH]c(=O)c2cn1)C1CC1. The summed E-state index contributed by atoms with van der Waals surface area (Å²) >= 11 is 0. The number of morpholine rings is 1. The summed E-state index contributed by atoms with van der Waals surface area (Å²) in [5, 5.41) is 8.59. The number of fused-ring (bicyclic) bond motifs is 2. The van der Waals surface area contributed by atoms with Crippen molar-refractivity contribution in [2.75, 3.05) is 31.6 Å².